The lowest BCUT2D eigenvalue weighted by atomic mass is 10.1. The molecule has 0 aliphatic heterocycles. The molecule has 0 heterocycles. The fraction of sp³-hybridized carbons (Fsp3) is 0.417. The van der Waals surface area contributed by atoms with Gasteiger partial charge < -0.3 is 16.2 Å². The van der Waals surface area contributed by atoms with Crippen LogP contribution in [0.2, 0.25) is 0 Å². The molecule has 0 spiro atoms. The summed E-state index contributed by atoms with van der Waals surface area (Å²) in [5, 5.41) is 12.0. The number of anilines is 1. The van der Waals surface area contributed by atoms with Crippen molar-refractivity contribution in [3.63, 3.8) is 0 Å². The van der Waals surface area contributed by atoms with Crippen molar-refractivity contribution in [1.29, 1.82) is 0 Å². The number of hydrogen-bond donors (Lipinski definition) is 3. The topological polar surface area (TPSA) is 75.3 Å². The molecule has 0 fully saturated rings. The molecule has 1 unspecified atom stereocenters. The number of nitrogens with two attached hydrogens (primary N) is 1. The molecule has 0 aliphatic rings. The third-order valence-electron chi connectivity index (χ3n) is 2.38. The number of nitrogen functional groups attached to an aromatic ring is 1. The molecule has 1 amide bonds. The minimum Gasteiger partial charge on any atom is -0.396 e. The number of aliphatic hydroxyl groups is 1. The van der Waals surface area contributed by atoms with Crippen LogP contribution in [0.1, 0.15) is 30.1 Å². The predicted molar refractivity (Wildman–Crippen MR) is 64.1 cm³/mol. The highest BCUT2D eigenvalue weighted by atomic mass is 19.1. The Morgan fingerprint density at radius 1 is 1.59 bits per heavy atom. The summed E-state index contributed by atoms with van der Waals surface area (Å²) in [6.07, 6.45) is 0.895. The Morgan fingerprint density at radius 2 is 2.29 bits per heavy atom. The van der Waals surface area contributed by atoms with Crippen LogP contribution in [0.5, 0.6) is 0 Å². The highest BCUT2D eigenvalue weighted by Crippen LogP contribution is 2.11. The number of amides is 1. The molecule has 0 saturated heterocycles. The van der Waals surface area contributed by atoms with Gasteiger partial charge in [0, 0.05) is 12.1 Å². The number of aliphatic hydroxyl groups excluding tert-OH is 1. The van der Waals surface area contributed by atoms with Crippen molar-refractivity contribution in [1.82, 2.24) is 5.32 Å². The number of carbonyl (C=O) groups is 1. The molecule has 4 N–H and O–H groups in total. The van der Waals surface area contributed by atoms with E-state index in [2.05, 4.69) is 5.32 Å². The lowest BCUT2D eigenvalue weighted by Crippen LogP contribution is -2.32. The van der Waals surface area contributed by atoms with E-state index in [9.17, 15) is 14.3 Å². The Balaban J connectivity index is 2.55. The van der Waals surface area contributed by atoms with E-state index < -0.39 is 17.8 Å². The van der Waals surface area contributed by atoms with Gasteiger partial charge in [-0.2, -0.15) is 0 Å². The zero-order valence-electron chi connectivity index (χ0n) is 9.74. The minimum atomic E-state index is -0.619. The summed E-state index contributed by atoms with van der Waals surface area (Å²) >= 11 is 0. The maximum Gasteiger partial charge on any atom is 0.251 e. The molecule has 4 nitrogen and oxygen atoms in total. The zero-order valence-corrected chi connectivity index (χ0v) is 9.74. The van der Waals surface area contributed by atoms with E-state index in [-0.39, 0.29) is 17.8 Å². The van der Waals surface area contributed by atoms with Gasteiger partial charge in [-0.15, -0.1) is 0 Å². The Labute approximate surface area is 99.6 Å². The molecule has 17 heavy (non-hydrogen) atoms. The largest absolute Gasteiger partial charge is 0.396 e. The van der Waals surface area contributed by atoms with E-state index in [0.29, 0.717) is 6.42 Å². The van der Waals surface area contributed by atoms with Crippen molar-refractivity contribution >= 4 is 11.6 Å². The first-order chi connectivity index (χ1) is 8.04. The van der Waals surface area contributed by atoms with E-state index in [1.807, 2.05) is 6.92 Å². The Kier molecular flexibility index (Phi) is 4.90. The van der Waals surface area contributed by atoms with Crippen molar-refractivity contribution in [2.24, 2.45) is 0 Å². The summed E-state index contributed by atoms with van der Waals surface area (Å²) in [5.74, 6) is -1.04. The number of carbonyl (C=O) groups excluding carboxylic acids is 1. The van der Waals surface area contributed by atoms with Crippen molar-refractivity contribution < 1.29 is 14.3 Å². The van der Waals surface area contributed by atoms with Crippen LogP contribution in [0.25, 0.3) is 0 Å². The summed E-state index contributed by atoms with van der Waals surface area (Å²) in [5.41, 5.74) is 5.51. The summed E-state index contributed by atoms with van der Waals surface area (Å²) in [4.78, 5) is 11.6. The van der Waals surface area contributed by atoms with Crippen LogP contribution in [-0.2, 0) is 0 Å². The van der Waals surface area contributed by atoms with Gasteiger partial charge in [0.05, 0.1) is 11.8 Å². The summed E-state index contributed by atoms with van der Waals surface area (Å²) in [7, 11) is 0. The minimum absolute atomic E-state index is 0.00701. The van der Waals surface area contributed by atoms with Crippen LogP contribution in [0, 0.1) is 5.82 Å². The molecule has 0 radical (unpaired) electrons. The third kappa shape index (κ3) is 4.03. The molecule has 1 atom stereocenters. The normalized spacial score (nSPS) is 12.2. The van der Waals surface area contributed by atoms with Gasteiger partial charge in [-0.25, -0.2) is 4.39 Å². The van der Waals surface area contributed by atoms with Crippen LogP contribution in [0.4, 0.5) is 10.1 Å². The molecule has 0 aliphatic carbocycles. The Bertz CT molecular complexity index is 396. The number of halogens is 1. The summed E-state index contributed by atoms with van der Waals surface area (Å²) < 4.78 is 13.1. The van der Waals surface area contributed by atoms with Gasteiger partial charge in [0.25, 0.3) is 5.91 Å². The number of benzene rings is 1. The van der Waals surface area contributed by atoms with Crippen LogP contribution in [0.3, 0.4) is 0 Å². The second-order valence-electron chi connectivity index (χ2n) is 3.89. The molecule has 0 bridgehead atoms. The standard InChI is InChI=1S/C12H17FN2O2/c1-2-3-9(16)7-15-12(17)8-4-5-11(14)10(13)6-8/h4-6,9,16H,2-3,7,14H2,1H3,(H,15,17). The fourth-order valence-electron chi connectivity index (χ4n) is 1.42. The van der Waals surface area contributed by atoms with E-state index in [1.54, 1.807) is 0 Å². The van der Waals surface area contributed by atoms with E-state index in [0.717, 1.165) is 12.5 Å². The highest BCUT2D eigenvalue weighted by molar-refractivity contribution is 5.94. The highest BCUT2D eigenvalue weighted by Gasteiger charge is 2.10. The lowest BCUT2D eigenvalue weighted by Gasteiger charge is -2.10. The first-order valence-corrected chi connectivity index (χ1v) is 5.56. The summed E-state index contributed by atoms with van der Waals surface area (Å²) in [6, 6.07) is 3.86. The molecule has 1 rings (SSSR count). The average molecular weight is 240 g/mol. The SMILES string of the molecule is CCCC(O)CNC(=O)c1ccc(N)c(F)c1. The predicted octanol–water partition coefficient (Wildman–Crippen LogP) is 1.30. The number of hydrogen-bond acceptors (Lipinski definition) is 3. The second kappa shape index (κ2) is 6.20. The van der Waals surface area contributed by atoms with Crippen molar-refractivity contribution in [2.75, 3.05) is 12.3 Å². The molecule has 0 aromatic heterocycles. The Morgan fingerprint density at radius 3 is 2.88 bits per heavy atom. The van der Waals surface area contributed by atoms with Gasteiger partial charge >= 0.3 is 0 Å². The number of rotatable bonds is 5. The van der Waals surface area contributed by atoms with Gasteiger partial charge in [-0.1, -0.05) is 13.3 Å². The quantitative estimate of drug-likeness (QED) is 0.679. The van der Waals surface area contributed by atoms with Crippen LogP contribution < -0.4 is 11.1 Å². The fourth-order valence-corrected chi connectivity index (χ4v) is 1.42. The van der Waals surface area contributed by atoms with Crippen molar-refractivity contribution in [2.45, 2.75) is 25.9 Å². The molecule has 1 aromatic carbocycles. The van der Waals surface area contributed by atoms with Crippen molar-refractivity contribution in [3.05, 3.63) is 29.6 Å². The van der Waals surface area contributed by atoms with E-state index >= 15 is 0 Å². The average Bonchev–Trinajstić information content (AvgIpc) is 2.30. The van der Waals surface area contributed by atoms with Gasteiger partial charge in [0.15, 0.2) is 0 Å². The van der Waals surface area contributed by atoms with Crippen LogP contribution in [-0.4, -0.2) is 23.7 Å². The maximum atomic E-state index is 13.1. The van der Waals surface area contributed by atoms with Gasteiger partial charge in [0.2, 0.25) is 0 Å². The Hall–Kier alpha value is -1.62. The van der Waals surface area contributed by atoms with Gasteiger partial charge in [0.1, 0.15) is 5.82 Å². The first-order valence-electron chi connectivity index (χ1n) is 5.56. The molecular formula is C12H17FN2O2. The van der Waals surface area contributed by atoms with Gasteiger partial charge in [-0.05, 0) is 24.6 Å². The van der Waals surface area contributed by atoms with Crippen LogP contribution >= 0.6 is 0 Å². The first kappa shape index (κ1) is 13.4. The van der Waals surface area contributed by atoms with Crippen LogP contribution in [0.15, 0.2) is 18.2 Å². The van der Waals surface area contributed by atoms with Crippen molar-refractivity contribution in [3.8, 4) is 0 Å². The maximum absolute atomic E-state index is 13.1. The van der Waals surface area contributed by atoms with E-state index in [4.69, 9.17) is 5.73 Å². The smallest absolute Gasteiger partial charge is 0.251 e. The molecule has 1 aromatic rings. The molecular weight excluding hydrogens is 223 g/mol. The van der Waals surface area contributed by atoms with E-state index in [1.165, 1.54) is 12.1 Å². The second-order valence-corrected chi connectivity index (χ2v) is 3.89. The molecule has 5 heteroatoms. The van der Waals surface area contributed by atoms with Gasteiger partial charge in [-0.3, -0.25) is 4.79 Å². The number of nitrogens with one attached hydrogen (secondary N) is 1. The lowest BCUT2D eigenvalue weighted by molar-refractivity contribution is 0.0909. The molecule has 94 valence electrons. The summed E-state index contributed by atoms with van der Waals surface area (Å²) in [6.45, 7) is 2.11. The third-order valence-corrected chi connectivity index (χ3v) is 2.38. The molecule has 0 saturated carbocycles. The monoisotopic (exact) mass is 240 g/mol. The zero-order chi connectivity index (χ0) is 12.8.